The molecular weight excluding hydrogens is 438 g/mol. The van der Waals surface area contributed by atoms with Crippen LogP contribution in [0.15, 0.2) is 12.5 Å². The highest BCUT2D eigenvalue weighted by molar-refractivity contribution is 5.94. The van der Waals surface area contributed by atoms with Gasteiger partial charge in [0.2, 0.25) is 17.7 Å². The van der Waals surface area contributed by atoms with Crippen LogP contribution in [0.1, 0.15) is 31.9 Å². The molecule has 186 valence electrons. The van der Waals surface area contributed by atoms with Gasteiger partial charge in [0, 0.05) is 18.3 Å². The first kappa shape index (κ1) is 28.0. The van der Waals surface area contributed by atoms with Crippen LogP contribution in [0.4, 0.5) is 0 Å². The van der Waals surface area contributed by atoms with E-state index in [0.29, 0.717) is 31.5 Å². The molecule has 0 aliphatic rings. The SMILES string of the molecule is CC(O)C(NC(=O)C(N)CCCCN)C(=O)NC(Cc1cnc[nH]1)C(=O)NC(CO)C(=O)O. The Hall–Kier alpha value is -3.07. The predicted octanol–water partition coefficient (Wildman–Crippen LogP) is -3.68. The molecule has 33 heavy (non-hydrogen) atoms. The van der Waals surface area contributed by atoms with Crippen LogP contribution < -0.4 is 27.4 Å². The van der Waals surface area contributed by atoms with Crippen molar-refractivity contribution in [3.05, 3.63) is 18.2 Å². The summed E-state index contributed by atoms with van der Waals surface area (Å²) in [4.78, 5) is 55.5. The zero-order chi connectivity index (χ0) is 25.0. The largest absolute Gasteiger partial charge is 0.480 e. The third-order valence-electron chi connectivity index (χ3n) is 4.78. The number of H-pyrrole nitrogens is 1. The quantitative estimate of drug-likeness (QED) is 0.113. The van der Waals surface area contributed by atoms with Crippen molar-refractivity contribution in [2.24, 2.45) is 11.5 Å². The Morgan fingerprint density at radius 3 is 2.27 bits per heavy atom. The molecule has 5 atom stereocenters. The van der Waals surface area contributed by atoms with E-state index in [-0.39, 0.29) is 6.42 Å². The lowest BCUT2D eigenvalue weighted by molar-refractivity contribution is -0.143. The Morgan fingerprint density at radius 2 is 1.76 bits per heavy atom. The van der Waals surface area contributed by atoms with Gasteiger partial charge in [0.15, 0.2) is 0 Å². The van der Waals surface area contributed by atoms with Crippen LogP contribution in [0.25, 0.3) is 0 Å². The van der Waals surface area contributed by atoms with E-state index in [2.05, 4.69) is 25.9 Å². The highest BCUT2D eigenvalue weighted by Crippen LogP contribution is 2.04. The van der Waals surface area contributed by atoms with Crippen LogP contribution in [-0.4, -0.2) is 92.4 Å². The number of aliphatic hydroxyl groups is 2. The first-order valence-electron chi connectivity index (χ1n) is 10.5. The molecule has 0 radical (unpaired) electrons. The summed E-state index contributed by atoms with van der Waals surface area (Å²) < 4.78 is 0. The fourth-order valence-corrected chi connectivity index (χ4v) is 2.85. The van der Waals surface area contributed by atoms with Gasteiger partial charge in [0.1, 0.15) is 18.1 Å². The number of nitrogens with zero attached hydrogens (tertiary/aromatic N) is 1. The maximum absolute atomic E-state index is 12.8. The summed E-state index contributed by atoms with van der Waals surface area (Å²) in [6.45, 7) is 0.868. The summed E-state index contributed by atoms with van der Waals surface area (Å²) in [5.74, 6) is -3.90. The van der Waals surface area contributed by atoms with Gasteiger partial charge in [-0.25, -0.2) is 9.78 Å². The van der Waals surface area contributed by atoms with Gasteiger partial charge >= 0.3 is 5.97 Å². The number of rotatable bonds is 15. The second kappa shape index (κ2) is 14.2. The van der Waals surface area contributed by atoms with Crippen LogP contribution in [0.3, 0.4) is 0 Å². The summed E-state index contributed by atoms with van der Waals surface area (Å²) >= 11 is 0. The topological polar surface area (TPSA) is 246 Å². The summed E-state index contributed by atoms with van der Waals surface area (Å²) in [7, 11) is 0. The normalized spacial score (nSPS) is 15.5. The number of unbranched alkanes of at least 4 members (excludes halogenated alkanes) is 1. The molecule has 0 saturated heterocycles. The van der Waals surface area contributed by atoms with Crippen LogP contribution in [0.2, 0.25) is 0 Å². The van der Waals surface area contributed by atoms with Gasteiger partial charge in [-0.2, -0.15) is 0 Å². The van der Waals surface area contributed by atoms with Gasteiger partial charge in [-0.3, -0.25) is 14.4 Å². The molecule has 0 spiro atoms. The Balaban J connectivity index is 2.93. The molecule has 1 aromatic rings. The third kappa shape index (κ3) is 9.53. The molecule has 0 aliphatic carbocycles. The van der Waals surface area contributed by atoms with Crippen molar-refractivity contribution >= 4 is 23.7 Å². The van der Waals surface area contributed by atoms with E-state index in [9.17, 15) is 24.3 Å². The highest BCUT2D eigenvalue weighted by atomic mass is 16.4. The number of hydrogen-bond donors (Lipinski definition) is 9. The molecule has 3 amide bonds. The number of aromatic amines is 1. The lowest BCUT2D eigenvalue weighted by Gasteiger charge is -2.26. The van der Waals surface area contributed by atoms with Gasteiger partial charge in [-0.15, -0.1) is 0 Å². The Kier molecular flexibility index (Phi) is 12.0. The summed E-state index contributed by atoms with van der Waals surface area (Å²) in [5, 5.41) is 35.1. The number of hydrogen-bond acceptors (Lipinski definition) is 9. The third-order valence-corrected chi connectivity index (χ3v) is 4.78. The minimum Gasteiger partial charge on any atom is -0.480 e. The molecule has 1 heterocycles. The van der Waals surface area contributed by atoms with Crippen LogP contribution in [-0.2, 0) is 25.6 Å². The average molecular weight is 472 g/mol. The number of carboxylic acids is 1. The highest BCUT2D eigenvalue weighted by Gasteiger charge is 2.32. The number of carboxylic acid groups (broad SMARTS) is 1. The summed E-state index contributed by atoms with van der Waals surface area (Å²) in [5.41, 5.74) is 11.7. The molecule has 14 heteroatoms. The minimum absolute atomic E-state index is 0.103. The minimum atomic E-state index is -1.59. The van der Waals surface area contributed by atoms with E-state index < -0.39 is 60.6 Å². The molecule has 1 rings (SSSR count). The van der Waals surface area contributed by atoms with Gasteiger partial charge in [0.05, 0.1) is 25.1 Å². The second-order valence-corrected chi connectivity index (χ2v) is 7.54. The Labute approximate surface area is 190 Å². The molecule has 14 nitrogen and oxygen atoms in total. The van der Waals surface area contributed by atoms with Crippen molar-refractivity contribution in [2.75, 3.05) is 13.2 Å². The number of aliphatic hydroxyl groups excluding tert-OH is 2. The number of carbonyl (C=O) groups excluding carboxylic acids is 3. The lowest BCUT2D eigenvalue weighted by Crippen LogP contribution is -2.60. The maximum Gasteiger partial charge on any atom is 0.328 e. The molecule has 1 aromatic heterocycles. The average Bonchev–Trinajstić information content (AvgIpc) is 3.27. The first-order valence-corrected chi connectivity index (χ1v) is 10.5. The number of imidazole rings is 1. The van der Waals surface area contributed by atoms with Gasteiger partial charge in [0.25, 0.3) is 0 Å². The van der Waals surface area contributed by atoms with E-state index in [1.807, 2.05) is 0 Å². The van der Waals surface area contributed by atoms with E-state index in [0.717, 1.165) is 0 Å². The zero-order valence-corrected chi connectivity index (χ0v) is 18.4. The Bertz CT molecular complexity index is 773. The van der Waals surface area contributed by atoms with Crippen molar-refractivity contribution in [2.45, 2.75) is 62.9 Å². The van der Waals surface area contributed by atoms with Crippen LogP contribution >= 0.6 is 0 Å². The van der Waals surface area contributed by atoms with Gasteiger partial charge in [-0.1, -0.05) is 6.42 Å². The smallest absolute Gasteiger partial charge is 0.328 e. The monoisotopic (exact) mass is 471 g/mol. The predicted molar refractivity (Wildman–Crippen MR) is 115 cm³/mol. The number of aliphatic carboxylic acids is 1. The molecular formula is C19H33N7O7. The number of carbonyl (C=O) groups is 4. The van der Waals surface area contributed by atoms with Crippen molar-refractivity contribution < 1.29 is 34.5 Å². The van der Waals surface area contributed by atoms with Crippen molar-refractivity contribution in [1.82, 2.24) is 25.9 Å². The Morgan fingerprint density at radius 1 is 1.09 bits per heavy atom. The fraction of sp³-hybridized carbons (Fsp3) is 0.632. The van der Waals surface area contributed by atoms with E-state index in [1.54, 1.807) is 0 Å². The number of aromatic nitrogens is 2. The van der Waals surface area contributed by atoms with Crippen molar-refractivity contribution in [3.8, 4) is 0 Å². The number of nitrogens with two attached hydrogens (primary N) is 2. The molecule has 0 saturated carbocycles. The maximum atomic E-state index is 12.8. The van der Waals surface area contributed by atoms with Crippen molar-refractivity contribution in [3.63, 3.8) is 0 Å². The molecule has 0 bridgehead atoms. The molecule has 0 aromatic carbocycles. The standard InChI is InChI=1S/C19H33N7O7/c1-10(28)15(26-16(29)12(21)4-2-3-5-20)18(31)24-13(6-11-7-22-9-23-11)17(30)25-14(8-27)19(32)33/h7,9-10,12-15,27-28H,2-6,8,20-21H2,1H3,(H,22,23)(H,24,31)(H,25,30)(H,26,29)(H,32,33). The van der Waals surface area contributed by atoms with Gasteiger partial charge in [-0.05, 0) is 26.3 Å². The van der Waals surface area contributed by atoms with Crippen molar-refractivity contribution in [1.29, 1.82) is 0 Å². The van der Waals surface area contributed by atoms with E-state index >= 15 is 0 Å². The number of amides is 3. The first-order chi connectivity index (χ1) is 15.6. The number of nitrogens with one attached hydrogen (secondary N) is 4. The van der Waals surface area contributed by atoms with E-state index in [4.69, 9.17) is 21.7 Å². The van der Waals surface area contributed by atoms with E-state index in [1.165, 1.54) is 19.4 Å². The fourth-order valence-electron chi connectivity index (χ4n) is 2.85. The zero-order valence-electron chi connectivity index (χ0n) is 18.4. The molecule has 0 aliphatic heterocycles. The lowest BCUT2D eigenvalue weighted by atomic mass is 10.1. The second-order valence-electron chi connectivity index (χ2n) is 7.54. The summed E-state index contributed by atoms with van der Waals surface area (Å²) in [6, 6.07) is -5.24. The molecule has 5 unspecified atom stereocenters. The summed E-state index contributed by atoms with van der Waals surface area (Å²) in [6.07, 6.45) is 2.95. The van der Waals surface area contributed by atoms with Crippen LogP contribution in [0, 0.1) is 0 Å². The van der Waals surface area contributed by atoms with Crippen LogP contribution in [0.5, 0.6) is 0 Å². The molecule has 0 fully saturated rings. The molecule has 11 N–H and O–H groups in total. The van der Waals surface area contributed by atoms with Gasteiger partial charge < -0.3 is 47.7 Å².